The van der Waals surface area contributed by atoms with Crippen LogP contribution in [0, 0.1) is 0 Å². The number of hydrogen-bond donors (Lipinski definition) is 4. The van der Waals surface area contributed by atoms with Crippen LogP contribution >= 0.6 is 0 Å². The number of rotatable bonds is 28. The summed E-state index contributed by atoms with van der Waals surface area (Å²) in [4.78, 5) is 73.0. The number of amides is 5. The number of imide groups is 1. The molecule has 3 aromatic carbocycles. The third-order valence-electron chi connectivity index (χ3n) is 12.9. The van der Waals surface area contributed by atoms with E-state index in [0.717, 1.165) is 67.1 Å². The molecule has 1 fully saturated rings. The smallest absolute Gasteiger partial charge is 0.255 e. The molecule has 3 aliphatic heterocycles. The summed E-state index contributed by atoms with van der Waals surface area (Å²) in [5.41, 5.74) is 4.61. The highest BCUT2D eigenvalue weighted by Crippen LogP contribution is 2.36. The van der Waals surface area contributed by atoms with Gasteiger partial charge < -0.3 is 49.1 Å². The molecular weight excluding hydrogens is 937 g/mol. The number of nitrogens with one attached hydrogen (secondary N) is 4. The third-order valence-corrected chi connectivity index (χ3v) is 12.9. The van der Waals surface area contributed by atoms with Gasteiger partial charge in [-0.1, -0.05) is 25.0 Å². The van der Waals surface area contributed by atoms with Gasteiger partial charge in [-0.3, -0.25) is 29.3 Å². The van der Waals surface area contributed by atoms with E-state index in [2.05, 4.69) is 41.4 Å². The number of ether oxygens (including phenoxy) is 5. The minimum Gasteiger partial charge on any atom is -0.494 e. The zero-order valence-electron chi connectivity index (χ0n) is 41.3. The van der Waals surface area contributed by atoms with Gasteiger partial charge in [0.05, 0.1) is 52.2 Å². The average molecular weight is 1000 g/mol. The molecule has 0 bridgehead atoms. The summed E-state index contributed by atoms with van der Waals surface area (Å²) in [6.45, 7) is 4.94. The maximum absolute atomic E-state index is 13.5. The Hall–Kier alpha value is -7.29. The first kappa shape index (κ1) is 52.0. The van der Waals surface area contributed by atoms with E-state index in [1.54, 1.807) is 36.5 Å². The summed E-state index contributed by atoms with van der Waals surface area (Å²) < 4.78 is 31.0. The van der Waals surface area contributed by atoms with Gasteiger partial charge in [0.2, 0.25) is 17.7 Å². The fourth-order valence-corrected chi connectivity index (χ4v) is 8.94. The van der Waals surface area contributed by atoms with Gasteiger partial charge in [-0.05, 0) is 93.1 Å². The first-order valence-electron chi connectivity index (χ1n) is 25.2. The van der Waals surface area contributed by atoms with Crippen molar-refractivity contribution in [2.24, 2.45) is 7.05 Å². The fraction of sp³-hybridized carbons (Fsp3) is 0.453. The van der Waals surface area contributed by atoms with Crippen LogP contribution in [0.1, 0.15) is 114 Å². The molecular formula is C53H64N10O10. The fourth-order valence-electron chi connectivity index (χ4n) is 8.94. The Kier molecular flexibility index (Phi) is 18.8. The van der Waals surface area contributed by atoms with Crippen molar-refractivity contribution in [3.63, 3.8) is 0 Å². The maximum atomic E-state index is 13.5. The van der Waals surface area contributed by atoms with Crippen molar-refractivity contribution in [1.29, 1.82) is 0 Å². The lowest BCUT2D eigenvalue weighted by Crippen LogP contribution is -2.52. The second-order valence-corrected chi connectivity index (χ2v) is 18.1. The van der Waals surface area contributed by atoms with Gasteiger partial charge in [0, 0.05) is 85.9 Å². The first-order chi connectivity index (χ1) is 35.7. The van der Waals surface area contributed by atoms with Gasteiger partial charge in [0.15, 0.2) is 11.6 Å². The molecule has 0 aliphatic carbocycles. The number of piperidine rings is 1. The lowest BCUT2D eigenvalue weighted by molar-refractivity contribution is -0.137. The predicted octanol–water partition coefficient (Wildman–Crippen LogP) is 6.09. The number of hydrogen-bond acceptors (Lipinski definition) is 15. The molecule has 20 nitrogen and oxygen atoms in total. The van der Waals surface area contributed by atoms with Gasteiger partial charge >= 0.3 is 0 Å². The topological polar surface area (TPSA) is 239 Å². The maximum Gasteiger partial charge on any atom is 0.255 e. The van der Waals surface area contributed by atoms with Crippen LogP contribution in [-0.4, -0.2) is 118 Å². The Morgan fingerprint density at radius 2 is 1.59 bits per heavy atom. The molecule has 8 rings (SSSR count). The van der Waals surface area contributed by atoms with Crippen LogP contribution in [-0.2, 0) is 48.7 Å². The molecule has 73 heavy (non-hydrogen) atoms. The zero-order chi connectivity index (χ0) is 50.8. The first-order valence-corrected chi connectivity index (χ1v) is 25.2. The number of benzene rings is 3. The highest BCUT2D eigenvalue weighted by atomic mass is 16.5. The van der Waals surface area contributed by atoms with Gasteiger partial charge in [0.1, 0.15) is 29.6 Å². The molecule has 0 saturated carbocycles. The summed E-state index contributed by atoms with van der Waals surface area (Å²) in [5.74, 6) is 1.45. The number of carbonyl (C=O) groups is 5. The van der Waals surface area contributed by atoms with Crippen LogP contribution in [0.5, 0.6) is 11.5 Å². The van der Waals surface area contributed by atoms with Crippen LogP contribution in [0.4, 0.5) is 11.4 Å². The molecule has 20 heteroatoms. The SMILES string of the molecule is Cn1c(CNc2cccc(C(=O)N[C@H]3CCOc4ccc(OCCCCCCOCCOCCOCCCCCC(=O)Nc5cccc6c5CN(C5CCC(=O)NC5=O)C6=O)cc43)c2)nnc1-c1ccncn1. The Bertz CT molecular complexity index is 2680. The molecule has 2 atom stereocenters. The lowest BCUT2D eigenvalue weighted by Gasteiger charge is -2.29. The molecule has 5 amide bonds. The van der Waals surface area contributed by atoms with E-state index in [1.807, 2.05) is 48.0 Å². The molecule has 1 unspecified atom stereocenters. The monoisotopic (exact) mass is 1000 g/mol. The Balaban J connectivity index is 0.618. The molecule has 2 aromatic heterocycles. The largest absolute Gasteiger partial charge is 0.494 e. The molecule has 4 N–H and O–H groups in total. The van der Waals surface area contributed by atoms with Crippen LogP contribution in [0.2, 0.25) is 0 Å². The second kappa shape index (κ2) is 26.4. The molecule has 1 saturated heterocycles. The molecule has 5 heterocycles. The lowest BCUT2D eigenvalue weighted by atomic mass is 9.99. The van der Waals surface area contributed by atoms with Gasteiger partial charge in [-0.2, -0.15) is 0 Å². The van der Waals surface area contributed by atoms with Crippen molar-refractivity contribution in [1.82, 2.24) is 40.3 Å². The van der Waals surface area contributed by atoms with E-state index in [9.17, 15) is 24.0 Å². The Morgan fingerprint density at radius 3 is 2.37 bits per heavy atom. The number of anilines is 2. The average Bonchev–Trinajstić information content (AvgIpc) is 3.95. The normalized spacial score (nSPS) is 16.1. The van der Waals surface area contributed by atoms with Crippen molar-refractivity contribution in [3.8, 4) is 23.0 Å². The van der Waals surface area contributed by atoms with Crippen LogP contribution in [0.3, 0.4) is 0 Å². The summed E-state index contributed by atoms with van der Waals surface area (Å²) in [5, 5.41) is 20.4. The van der Waals surface area contributed by atoms with Crippen molar-refractivity contribution < 1.29 is 47.7 Å². The van der Waals surface area contributed by atoms with E-state index >= 15 is 0 Å². The number of nitrogens with zero attached hydrogens (tertiary/aromatic N) is 6. The van der Waals surface area contributed by atoms with Crippen molar-refractivity contribution in [3.05, 3.63) is 107 Å². The zero-order valence-corrected chi connectivity index (χ0v) is 41.3. The predicted molar refractivity (Wildman–Crippen MR) is 269 cm³/mol. The highest BCUT2D eigenvalue weighted by Gasteiger charge is 2.40. The second-order valence-electron chi connectivity index (χ2n) is 18.1. The Labute approximate surface area is 424 Å². The molecule has 0 spiro atoms. The summed E-state index contributed by atoms with van der Waals surface area (Å²) >= 11 is 0. The van der Waals surface area contributed by atoms with Gasteiger partial charge in [-0.25, -0.2) is 9.97 Å². The summed E-state index contributed by atoms with van der Waals surface area (Å²) in [7, 11) is 1.89. The standard InChI is InChI=1S/C53H64N10O10/c1-62-47(60-61-50(62)44-20-22-54-35-56-44)33-55-37-12-9-11-36(31-37)51(66)58-43-21-26-73-46-18-16-38(32-40(43)46)72-25-8-3-2-6-23-69-27-29-71-30-28-70-24-7-4-5-15-48(64)57-42-14-10-13-39-41(42)34-63(53(39)68)45-17-19-49(65)59-52(45)67/h9-14,16,18,20,22,31-32,35,43,45,55H,2-8,15,17,19,21,23-30,33-34H2,1H3,(H,57,64)(H,58,66)(H,59,65,67)/t43-,45?/m0/s1. The number of unbranched alkanes of at least 4 members (excludes halogenated alkanes) is 5. The minimum absolute atomic E-state index is 0.137. The van der Waals surface area contributed by atoms with Crippen LogP contribution in [0.25, 0.3) is 11.5 Å². The van der Waals surface area contributed by atoms with Crippen molar-refractivity contribution in [2.45, 2.75) is 95.8 Å². The van der Waals surface area contributed by atoms with Crippen molar-refractivity contribution in [2.75, 3.05) is 63.5 Å². The summed E-state index contributed by atoms with van der Waals surface area (Å²) in [6, 6.07) is 19.2. The number of fused-ring (bicyclic) bond motifs is 2. The van der Waals surface area contributed by atoms with Gasteiger partial charge in [0.25, 0.3) is 11.8 Å². The van der Waals surface area contributed by atoms with Crippen LogP contribution < -0.4 is 30.7 Å². The molecule has 386 valence electrons. The summed E-state index contributed by atoms with van der Waals surface area (Å²) in [6.07, 6.45) is 10.8. The number of carbonyl (C=O) groups excluding carboxylic acids is 5. The third kappa shape index (κ3) is 14.4. The molecule has 0 radical (unpaired) electrons. The van der Waals surface area contributed by atoms with E-state index in [0.29, 0.717) is 113 Å². The van der Waals surface area contributed by atoms with E-state index in [1.165, 1.54) is 11.2 Å². The van der Waals surface area contributed by atoms with E-state index in [4.69, 9.17) is 23.7 Å². The minimum atomic E-state index is -0.707. The number of aromatic nitrogens is 5. The van der Waals surface area contributed by atoms with Gasteiger partial charge in [-0.15, -0.1) is 10.2 Å². The van der Waals surface area contributed by atoms with E-state index in [-0.39, 0.29) is 49.1 Å². The quantitative estimate of drug-likeness (QED) is 0.0328. The van der Waals surface area contributed by atoms with Crippen LogP contribution in [0.15, 0.2) is 79.3 Å². The molecule has 3 aliphatic rings. The highest BCUT2D eigenvalue weighted by molar-refractivity contribution is 6.06. The van der Waals surface area contributed by atoms with Crippen molar-refractivity contribution >= 4 is 40.9 Å². The van der Waals surface area contributed by atoms with E-state index < -0.39 is 11.9 Å². The Morgan fingerprint density at radius 1 is 0.822 bits per heavy atom. The molecule has 5 aromatic rings.